The molecular formula is C21H16N2O5S. The van der Waals surface area contributed by atoms with Gasteiger partial charge in [0.1, 0.15) is 17.1 Å². The summed E-state index contributed by atoms with van der Waals surface area (Å²) in [5, 5.41) is 5.67. The Bertz CT molecular complexity index is 1200. The Morgan fingerprint density at radius 2 is 1.93 bits per heavy atom. The van der Waals surface area contributed by atoms with Crippen LogP contribution in [-0.4, -0.2) is 24.6 Å². The molecule has 0 saturated heterocycles. The highest BCUT2D eigenvalue weighted by molar-refractivity contribution is 7.13. The molecule has 0 aliphatic heterocycles. The number of anilines is 1. The van der Waals surface area contributed by atoms with Gasteiger partial charge in [0.05, 0.1) is 7.11 Å². The van der Waals surface area contributed by atoms with E-state index in [0.29, 0.717) is 16.5 Å². The second kappa shape index (κ2) is 8.15. The van der Waals surface area contributed by atoms with Gasteiger partial charge < -0.3 is 13.9 Å². The summed E-state index contributed by atoms with van der Waals surface area (Å²) in [7, 11) is 1.60. The van der Waals surface area contributed by atoms with Crippen LogP contribution in [0.5, 0.6) is 11.5 Å². The van der Waals surface area contributed by atoms with Gasteiger partial charge in [-0.25, -0.2) is 9.78 Å². The van der Waals surface area contributed by atoms with Gasteiger partial charge in [-0.1, -0.05) is 12.1 Å². The van der Waals surface area contributed by atoms with Crippen LogP contribution in [0, 0.1) is 0 Å². The molecule has 2 aromatic heterocycles. The van der Waals surface area contributed by atoms with Gasteiger partial charge in [0.25, 0.3) is 5.91 Å². The second-order valence-corrected chi connectivity index (χ2v) is 6.93. The molecule has 2 heterocycles. The average Bonchev–Trinajstić information content (AvgIpc) is 3.24. The van der Waals surface area contributed by atoms with E-state index in [1.807, 2.05) is 24.3 Å². The highest BCUT2D eigenvalue weighted by Crippen LogP contribution is 2.30. The molecule has 2 aromatic carbocycles. The largest absolute Gasteiger partial charge is 0.497 e. The summed E-state index contributed by atoms with van der Waals surface area (Å²) < 4.78 is 16.0. The first kappa shape index (κ1) is 18.7. The van der Waals surface area contributed by atoms with Crippen molar-refractivity contribution in [2.24, 2.45) is 0 Å². The van der Waals surface area contributed by atoms with Gasteiger partial charge in [-0.05, 0) is 35.4 Å². The SMILES string of the molecule is COc1ccc(-c2cc(=O)oc3cc(OCC(=O)Nc4nccs4)ccc23)cc1. The van der Waals surface area contributed by atoms with E-state index in [1.165, 1.54) is 17.4 Å². The minimum absolute atomic E-state index is 0.187. The van der Waals surface area contributed by atoms with Crippen LogP contribution in [0.15, 0.2) is 69.3 Å². The number of nitrogens with one attached hydrogen (secondary N) is 1. The van der Waals surface area contributed by atoms with Crippen molar-refractivity contribution in [1.82, 2.24) is 4.98 Å². The Kier molecular flexibility index (Phi) is 5.26. The highest BCUT2D eigenvalue weighted by atomic mass is 32.1. The number of aromatic nitrogens is 1. The molecule has 29 heavy (non-hydrogen) atoms. The van der Waals surface area contributed by atoms with Crippen molar-refractivity contribution < 1.29 is 18.7 Å². The third kappa shape index (κ3) is 4.27. The Labute approximate surface area is 169 Å². The van der Waals surface area contributed by atoms with Crippen molar-refractivity contribution in [2.75, 3.05) is 19.0 Å². The number of rotatable bonds is 6. The number of hydrogen-bond donors (Lipinski definition) is 1. The van der Waals surface area contributed by atoms with Gasteiger partial charge >= 0.3 is 5.63 Å². The van der Waals surface area contributed by atoms with Crippen molar-refractivity contribution in [3.05, 3.63) is 70.5 Å². The smallest absolute Gasteiger partial charge is 0.336 e. The molecule has 8 heteroatoms. The number of hydrogen-bond acceptors (Lipinski definition) is 7. The summed E-state index contributed by atoms with van der Waals surface area (Å²) in [5.74, 6) is 0.822. The lowest BCUT2D eigenvalue weighted by Gasteiger charge is -2.09. The summed E-state index contributed by atoms with van der Waals surface area (Å²) in [5.41, 5.74) is 1.51. The molecule has 0 aliphatic carbocycles. The molecule has 1 amide bonds. The minimum Gasteiger partial charge on any atom is -0.497 e. The molecule has 0 bridgehead atoms. The molecule has 0 spiro atoms. The van der Waals surface area contributed by atoms with Crippen LogP contribution >= 0.6 is 11.3 Å². The highest BCUT2D eigenvalue weighted by Gasteiger charge is 2.11. The Morgan fingerprint density at radius 1 is 1.14 bits per heavy atom. The molecule has 4 rings (SSSR count). The molecule has 0 fully saturated rings. The predicted octanol–water partition coefficient (Wildman–Crippen LogP) is 3.94. The number of benzene rings is 2. The van der Waals surface area contributed by atoms with E-state index in [2.05, 4.69) is 10.3 Å². The van der Waals surface area contributed by atoms with Crippen LogP contribution in [0.25, 0.3) is 22.1 Å². The summed E-state index contributed by atoms with van der Waals surface area (Å²) in [4.78, 5) is 28.0. The number of fused-ring (bicyclic) bond motifs is 1. The first-order chi connectivity index (χ1) is 14.1. The van der Waals surface area contributed by atoms with Crippen molar-refractivity contribution >= 4 is 33.3 Å². The van der Waals surface area contributed by atoms with E-state index < -0.39 is 5.63 Å². The Hall–Kier alpha value is -3.65. The van der Waals surface area contributed by atoms with Crippen LogP contribution in [0.3, 0.4) is 0 Å². The van der Waals surface area contributed by atoms with Crippen LogP contribution in [0.2, 0.25) is 0 Å². The second-order valence-electron chi connectivity index (χ2n) is 6.04. The molecule has 4 aromatic rings. The quantitative estimate of drug-likeness (QED) is 0.486. The van der Waals surface area contributed by atoms with Crippen molar-refractivity contribution in [1.29, 1.82) is 0 Å². The fraction of sp³-hybridized carbons (Fsp3) is 0.0952. The Balaban J connectivity index is 1.57. The fourth-order valence-corrected chi connectivity index (χ4v) is 3.38. The lowest BCUT2D eigenvalue weighted by molar-refractivity contribution is -0.118. The molecule has 0 atom stereocenters. The number of methoxy groups -OCH3 is 1. The summed E-state index contributed by atoms with van der Waals surface area (Å²) >= 11 is 1.32. The predicted molar refractivity (Wildman–Crippen MR) is 111 cm³/mol. The summed E-state index contributed by atoms with van der Waals surface area (Å²) in [6, 6.07) is 14.0. The van der Waals surface area contributed by atoms with E-state index in [4.69, 9.17) is 13.9 Å². The third-order valence-electron chi connectivity index (χ3n) is 4.17. The topological polar surface area (TPSA) is 90.7 Å². The van der Waals surface area contributed by atoms with Crippen molar-refractivity contribution in [3.8, 4) is 22.6 Å². The molecule has 0 aliphatic rings. The first-order valence-corrected chi connectivity index (χ1v) is 9.55. The monoisotopic (exact) mass is 408 g/mol. The number of nitrogens with zero attached hydrogens (tertiary/aromatic N) is 1. The van der Waals surface area contributed by atoms with E-state index in [1.54, 1.807) is 36.9 Å². The molecule has 0 radical (unpaired) electrons. The van der Waals surface area contributed by atoms with Gasteiger partial charge in [-0.2, -0.15) is 0 Å². The molecule has 146 valence electrons. The van der Waals surface area contributed by atoms with Crippen LogP contribution in [-0.2, 0) is 4.79 Å². The van der Waals surface area contributed by atoms with Crippen LogP contribution in [0.4, 0.5) is 5.13 Å². The fourth-order valence-electron chi connectivity index (χ4n) is 2.83. The standard InChI is InChI=1S/C21H16N2O5S/c1-26-14-4-2-13(3-5-14)17-11-20(25)28-18-10-15(6-7-16(17)18)27-12-19(24)23-21-22-8-9-29-21/h2-11H,12H2,1H3,(H,22,23,24). The zero-order valence-corrected chi connectivity index (χ0v) is 16.2. The zero-order valence-electron chi connectivity index (χ0n) is 15.4. The number of carbonyl (C=O) groups is 1. The van der Waals surface area contributed by atoms with Gasteiger partial charge in [-0.15, -0.1) is 11.3 Å². The van der Waals surface area contributed by atoms with Gasteiger partial charge in [-0.3, -0.25) is 10.1 Å². The third-order valence-corrected chi connectivity index (χ3v) is 4.85. The maximum atomic E-state index is 12.1. The van der Waals surface area contributed by atoms with Crippen molar-refractivity contribution in [3.63, 3.8) is 0 Å². The number of ether oxygens (including phenoxy) is 2. The normalized spacial score (nSPS) is 10.7. The average molecular weight is 408 g/mol. The molecule has 0 unspecified atom stereocenters. The van der Waals surface area contributed by atoms with E-state index in [-0.39, 0.29) is 12.5 Å². The van der Waals surface area contributed by atoms with Gasteiger partial charge in [0.2, 0.25) is 0 Å². The van der Waals surface area contributed by atoms with Gasteiger partial charge in [0.15, 0.2) is 11.7 Å². The molecule has 7 nitrogen and oxygen atoms in total. The Morgan fingerprint density at radius 3 is 2.66 bits per heavy atom. The lowest BCUT2D eigenvalue weighted by atomic mass is 10.0. The maximum Gasteiger partial charge on any atom is 0.336 e. The number of carbonyl (C=O) groups excluding carboxylic acids is 1. The maximum absolute atomic E-state index is 12.1. The zero-order chi connectivity index (χ0) is 20.2. The number of amides is 1. The molecule has 0 saturated carbocycles. The van der Waals surface area contributed by atoms with Crippen LogP contribution < -0.4 is 20.4 Å². The van der Waals surface area contributed by atoms with Crippen molar-refractivity contribution in [2.45, 2.75) is 0 Å². The van der Waals surface area contributed by atoms with E-state index >= 15 is 0 Å². The number of thiazole rings is 1. The molecular weight excluding hydrogens is 392 g/mol. The van der Waals surface area contributed by atoms with E-state index in [0.717, 1.165) is 22.3 Å². The lowest BCUT2D eigenvalue weighted by Crippen LogP contribution is -2.19. The van der Waals surface area contributed by atoms with E-state index in [9.17, 15) is 9.59 Å². The van der Waals surface area contributed by atoms with Gasteiger partial charge in [0, 0.05) is 29.1 Å². The molecule has 1 N–H and O–H groups in total. The summed E-state index contributed by atoms with van der Waals surface area (Å²) in [6.45, 7) is -0.187. The van der Waals surface area contributed by atoms with Crippen LogP contribution in [0.1, 0.15) is 0 Å². The first-order valence-electron chi connectivity index (χ1n) is 8.67. The minimum atomic E-state index is -0.470. The summed E-state index contributed by atoms with van der Waals surface area (Å²) in [6.07, 6.45) is 1.60.